The Morgan fingerprint density at radius 1 is 1.18 bits per heavy atom. The van der Waals surface area contributed by atoms with Gasteiger partial charge in [0.1, 0.15) is 0 Å². The average molecular weight is 324 g/mol. The highest BCUT2D eigenvalue weighted by molar-refractivity contribution is 7.94. The zero-order chi connectivity index (χ0) is 15.9. The molecule has 1 aromatic heterocycles. The lowest BCUT2D eigenvalue weighted by Crippen LogP contribution is -2.29. The minimum absolute atomic E-state index is 0.578. The Balaban J connectivity index is 2.09. The van der Waals surface area contributed by atoms with Gasteiger partial charge in [-0.1, -0.05) is 0 Å². The third kappa shape index (κ3) is 2.81. The van der Waals surface area contributed by atoms with Crippen LogP contribution in [-0.2, 0) is 22.4 Å². The van der Waals surface area contributed by atoms with Gasteiger partial charge >= 0.3 is 11.1 Å². The summed E-state index contributed by atoms with van der Waals surface area (Å²) in [7, 11) is 5.41. The van der Waals surface area contributed by atoms with Crippen LogP contribution in [0.3, 0.4) is 0 Å². The van der Waals surface area contributed by atoms with Gasteiger partial charge in [0.05, 0.1) is 23.1 Å². The van der Waals surface area contributed by atoms with Crippen LogP contribution in [0.5, 0.6) is 0 Å². The van der Waals surface area contributed by atoms with E-state index in [1.807, 2.05) is 7.05 Å². The van der Waals surface area contributed by atoms with E-state index in [-0.39, 0.29) is 0 Å². The maximum Gasteiger partial charge on any atom is 0.314 e. The minimum atomic E-state index is -0.666. The molecule has 1 aromatic carbocycles. The first kappa shape index (κ1) is 15.3. The van der Waals surface area contributed by atoms with Crippen LogP contribution in [0, 0.1) is 0 Å². The van der Waals surface area contributed by atoms with Gasteiger partial charge in [0.2, 0.25) is 0 Å². The number of H-pyrrole nitrogens is 2. The molecule has 0 saturated heterocycles. The van der Waals surface area contributed by atoms with Crippen LogP contribution in [-0.4, -0.2) is 41.1 Å². The smallest absolute Gasteiger partial charge is 0.314 e. The predicted molar refractivity (Wildman–Crippen MR) is 82.1 cm³/mol. The summed E-state index contributed by atoms with van der Waals surface area (Å²) >= 11 is 1.08. The lowest BCUT2D eigenvalue weighted by atomic mass is 10.1. The van der Waals surface area contributed by atoms with E-state index >= 15 is 0 Å². The number of hydrogen-bond acceptors (Lipinski definition) is 7. The van der Waals surface area contributed by atoms with E-state index < -0.39 is 11.1 Å². The van der Waals surface area contributed by atoms with E-state index in [9.17, 15) is 9.59 Å². The number of benzene rings is 1. The van der Waals surface area contributed by atoms with E-state index in [1.54, 1.807) is 20.2 Å². The fourth-order valence-electron chi connectivity index (χ4n) is 2.47. The van der Waals surface area contributed by atoms with Crippen molar-refractivity contribution in [2.45, 2.75) is 18.0 Å². The second-order valence-corrected chi connectivity index (χ2v) is 6.12. The Bertz CT molecular complexity index is 829. The molecule has 0 spiro atoms. The molecule has 0 atom stereocenters. The van der Waals surface area contributed by atoms with Crippen LogP contribution < -0.4 is 11.1 Å². The maximum absolute atomic E-state index is 11.6. The Kier molecular flexibility index (Phi) is 4.06. The van der Waals surface area contributed by atoms with Gasteiger partial charge in [-0.05, 0) is 24.2 Å². The zero-order valence-electron chi connectivity index (χ0n) is 12.4. The number of hydrogen-bond donors (Lipinski definition) is 2. The molecule has 0 bridgehead atoms. The average Bonchev–Trinajstić information content (AvgIpc) is 2.82. The largest absolute Gasteiger partial charge is 0.316 e. The summed E-state index contributed by atoms with van der Waals surface area (Å²) in [5, 5.41) is 1.43. The van der Waals surface area contributed by atoms with Gasteiger partial charge < -0.3 is 9.97 Å². The number of fused-ring (bicyclic) bond motifs is 3. The number of rotatable bonds is 4. The quantitative estimate of drug-likeness (QED) is 0.368. The number of nitrogens with one attached hydrogen (secondary N) is 2. The number of aromatic amines is 2. The van der Waals surface area contributed by atoms with Gasteiger partial charge in [0.25, 0.3) is 0 Å². The van der Waals surface area contributed by atoms with Gasteiger partial charge in [-0.15, -0.1) is 9.32 Å². The highest BCUT2D eigenvalue weighted by Crippen LogP contribution is 2.35. The molecule has 1 aliphatic heterocycles. The first-order valence-corrected chi connectivity index (χ1v) is 7.38. The van der Waals surface area contributed by atoms with Crippen molar-refractivity contribution in [3.8, 4) is 0 Å². The molecule has 0 radical (unpaired) electrons. The lowest BCUT2D eigenvalue weighted by molar-refractivity contribution is -0.340. The molecule has 8 nitrogen and oxygen atoms in total. The minimum Gasteiger partial charge on any atom is -0.316 e. The van der Waals surface area contributed by atoms with Gasteiger partial charge in [-0.3, -0.25) is 14.5 Å². The molecular weight excluding hydrogens is 308 g/mol. The van der Waals surface area contributed by atoms with Crippen LogP contribution >= 0.6 is 12.0 Å². The zero-order valence-corrected chi connectivity index (χ0v) is 13.2. The maximum atomic E-state index is 11.6. The fourth-order valence-corrected chi connectivity index (χ4v) is 3.15. The standard InChI is InChI=1S/C13H16N4O4S/c1-16(2)20-21-22-10-4-9-11(15-13(19)12(18)14-9)8-6-17(3)5-7(8)10/h4H,5-6H2,1-3H3,(H,14,18)(H,15,19). The Labute approximate surface area is 130 Å². The Morgan fingerprint density at radius 2 is 1.86 bits per heavy atom. The van der Waals surface area contributed by atoms with Crippen LogP contribution in [0.2, 0.25) is 0 Å². The molecule has 0 unspecified atom stereocenters. The molecule has 22 heavy (non-hydrogen) atoms. The summed E-state index contributed by atoms with van der Waals surface area (Å²) in [6.07, 6.45) is 0. The van der Waals surface area contributed by atoms with Crippen LogP contribution in [0.4, 0.5) is 0 Å². The summed E-state index contributed by atoms with van der Waals surface area (Å²) < 4.78 is 5.10. The van der Waals surface area contributed by atoms with Crippen molar-refractivity contribution >= 4 is 23.1 Å². The second-order valence-electron chi connectivity index (χ2n) is 5.37. The Morgan fingerprint density at radius 3 is 2.59 bits per heavy atom. The molecule has 0 amide bonds. The van der Waals surface area contributed by atoms with Crippen LogP contribution in [0.1, 0.15) is 11.1 Å². The van der Waals surface area contributed by atoms with Crippen molar-refractivity contribution in [2.24, 2.45) is 0 Å². The lowest BCUT2D eigenvalue weighted by Gasteiger charge is -2.11. The molecule has 2 aromatic rings. The van der Waals surface area contributed by atoms with Gasteiger partial charge in [-0.2, -0.15) is 5.06 Å². The van der Waals surface area contributed by atoms with Gasteiger partial charge in [-0.25, -0.2) is 0 Å². The van der Waals surface area contributed by atoms with E-state index in [2.05, 4.69) is 14.9 Å². The summed E-state index contributed by atoms with van der Waals surface area (Å²) in [6.45, 7) is 1.43. The normalized spacial score (nSPS) is 14.9. The van der Waals surface area contributed by atoms with Gasteiger partial charge in [0.15, 0.2) is 0 Å². The van der Waals surface area contributed by atoms with E-state index in [0.717, 1.165) is 34.6 Å². The molecule has 118 valence electrons. The number of nitrogens with zero attached hydrogens (tertiary/aromatic N) is 2. The summed E-state index contributed by atoms with van der Waals surface area (Å²) in [5.41, 5.74) is 1.99. The molecule has 1 aliphatic rings. The van der Waals surface area contributed by atoms with E-state index in [1.165, 1.54) is 5.06 Å². The van der Waals surface area contributed by atoms with Crippen molar-refractivity contribution in [2.75, 3.05) is 21.1 Å². The first-order valence-electron chi connectivity index (χ1n) is 6.64. The highest BCUT2D eigenvalue weighted by Gasteiger charge is 2.24. The van der Waals surface area contributed by atoms with Crippen molar-refractivity contribution < 1.29 is 9.32 Å². The topological polar surface area (TPSA) is 90.7 Å². The third-order valence-electron chi connectivity index (χ3n) is 3.36. The summed E-state index contributed by atoms with van der Waals surface area (Å²) in [5.74, 6) is 0. The first-order chi connectivity index (χ1) is 10.5. The van der Waals surface area contributed by atoms with Gasteiger partial charge in [0, 0.05) is 32.1 Å². The molecule has 0 saturated carbocycles. The van der Waals surface area contributed by atoms with Crippen LogP contribution in [0.25, 0.3) is 11.0 Å². The fraction of sp³-hybridized carbons (Fsp3) is 0.385. The van der Waals surface area contributed by atoms with E-state index in [0.29, 0.717) is 17.6 Å². The summed E-state index contributed by atoms with van der Waals surface area (Å²) in [6, 6.07) is 1.79. The van der Waals surface area contributed by atoms with Crippen LogP contribution in [0.15, 0.2) is 20.6 Å². The molecule has 2 heterocycles. The molecule has 0 aliphatic carbocycles. The monoisotopic (exact) mass is 324 g/mol. The van der Waals surface area contributed by atoms with Crippen molar-refractivity contribution in [1.29, 1.82) is 0 Å². The predicted octanol–water partition coefficient (Wildman–Crippen LogP) is 0.594. The van der Waals surface area contributed by atoms with E-state index in [4.69, 9.17) is 9.32 Å². The van der Waals surface area contributed by atoms with Crippen molar-refractivity contribution in [3.63, 3.8) is 0 Å². The molecule has 2 N–H and O–H groups in total. The SMILES string of the molecule is CN1Cc2c(SOON(C)C)cc3[nH]c(=O)c(=O)[nH]c3c2C1. The Hall–Kier alpha value is -1.65. The molecule has 0 fully saturated rings. The molecule has 9 heteroatoms. The second kappa shape index (κ2) is 5.86. The van der Waals surface area contributed by atoms with Crippen molar-refractivity contribution in [3.05, 3.63) is 37.9 Å². The van der Waals surface area contributed by atoms with Crippen molar-refractivity contribution in [1.82, 2.24) is 19.9 Å². The molecule has 3 rings (SSSR count). The number of aromatic nitrogens is 2. The summed E-state index contributed by atoms with van der Waals surface area (Å²) in [4.78, 5) is 36.3. The number of hydroxylamine groups is 2. The highest BCUT2D eigenvalue weighted by atomic mass is 32.2. The molecular formula is C13H16N4O4S. The third-order valence-corrected chi connectivity index (χ3v) is 4.03.